The summed E-state index contributed by atoms with van der Waals surface area (Å²) in [6.45, 7) is 5.00. The second-order valence-corrected chi connectivity index (χ2v) is 9.36. The minimum atomic E-state index is -4.20. The van der Waals surface area contributed by atoms with E-state index < -0.39 is 37.5 Å². The zero-order valence-corrected chi connectivity index (χ0v) is 20.3. The van der Waals surface area contributed by atoms with Gasteiger partial charge in [0.2, 0.25) is 15.9 Å². The fraction of sp³-hybridized carbons (Fsp3) is 0.273. The first kappa shape index (κ1) is 25.6. The fourth-order valence-corrected chi connectivity index (χ4v) is 4.63. The average Bonchev–Trinajstić information content (AvgIpc) is 3.15. The van der Waals surface area contributed by atoms with Crippen LogP contribution in [-0.4, -0.2) is 42.2 Å². The zero-order valence-electron chi connectivity index (χ0n) is 19.5. The molecule has 3 N–H and O–H groups in total. The van der Waals surface area contributed by atoms with Gasteiger partial charge in [-0.05, 0) is 50.6 Å². The van der Waals surface area contributed by atoms with E-state index in [4.69, 9.17) is 15.2 Å². The van der Waals surface area contributed by atoms with Gasteiger partial charge in [-0.2, -0.15) is 9.78 Å². The first-order valence-electron chi connectivity index (χ1n) is 10.5. The van der Waals surface area contributed by atoms with Crippen molar-refractivity contribution >= 4 is 21.6 Å². The van der Waals surface area contributed by atoms with Gasteiger partial charge in [-0.15, -0.1) is 0 Å². The monoisotopic (exact) mass is 503 g/mol. The Kier molecular flexibility index (Phi) is 7.41. The van der Waals surface area contributed by atoms with Crippen LogP contribution >= 0.6 is 0 Å². The number of benzene rings is 2. The van der Waals surface area contributed by atoms with Gasteiger partial charge in [0.05, 0.1) is 17.7 Å². The van der Waals surface area contributed by atoms with E-state index in [1.807, 2.05) is 0 Å². The third-order valence-electron chi connectivity index (χ3n) is 5.22. The summed E-state index contributed by atoms with van der Waals surface area (Å²) in [5.41, 5.74) is 5.68. The molecule has 0 aliphatic rings. The van der Waals surface area contributed by atoms with Crippen LogP contribution in [-0.2, 0) is 10.0 Å². The highest BCUT2D eigenvalue weighted by Crippen LogP contribution is 2.36. The minimum Gasteiger partial charge on any atom is -0.497 e. The van der Waals surface area contributed by atoms with Gasteiger partial charge >= 0.3 is 0 Å². The topological polar surface area (TPSA) is 169 Å². The Labute approximate surface area is 201 Å². The Bertz CT molecular complexity index is 1370. The summed E-state index contributed by atoms with van der Waals surface area (Å²) in [4.78, 5) is 22.1. The number of hydrogen-bond acceptors (Lipinski definition) is 8. The Hall–Kier alpha value is -3.97. The molecule has 0 aliphatic heterocycles. The second kappa shape index (κ2) is 10.1. The third-order valence-corrected chi connectivity index (χ3v) is 6.83. The summed E-state index contributed by atoms with van der Waals surface area (Å²) in [7, 11) is -2.69. The van der Waals surface area contributed by atoms with Crippen molar-refractivity contribution in [2.24, 2.45) is 5.73 Å². The van der Waals surface area contributed by atoms with Gasteiger partial charge in [0.25, 0.3) is 11.6 Å². The molecule has 2 aromatic carbocycles. The Balaban J connectivity index is 2.19. The lowest BCUT2D eigenvalue weighted by Crippen LogP contribution is -2.32. The Morgan fingerprint density at radius 1 is 1.26 bits per heavy atom. The summed E-state index contributed by atoms with van der Waals surface area (Å²) in [5.74, 6) is -0.414. The van der Waals surface area contributed by atoms with Crippen LogP contribution in [0.1, 0.15) is 36.3 Å². The lowest BCUT2D eigenvalue weighted by Gasteiger charge is -2.16. The van der Waals surface area contributed by atoms with Gasteiger partial charge in [0.15, 0.2) is 5.69 Å². The largest absolute Gasteiger partial charge is 0.497 e. The van der Waals surface area contributed by atoms with Crippen LogP contribution in [0, 0.1) is 17.0 Å². The van der Waals surface area contributed by atoms with Gasteiger partial charge in [0.1, 0.15) is 16.4 Å². The average molecular weight is 504 g/mol. The smallest absolute Gasteiger partial charge is 0.271 e. The van der Waals surface area contributed by atoms with Crippen LogP contribution in [0.5, 0.6) is 17.4 Å². The maximum Gasteiger partial charge on any atom is 0.271 e. The molecule has 35 heavy (non-hydrogen) atoms. The van der Waals surface area contributed by atoms with Crippen molar-refractivity contribution in [3.63, 3.8) is 0 Å². The van der Waals surface area contributed by atoms with E-state index in [9.17, 15) is 23.3 Å². The number of rotatable bonds is 10. The van der Waals surface area contributed by atoms with Crippen LogP contribution in [0.3, 0.4) is 0 Å². The number of nitrogens with zero attached hydrogens (tertiary/aromatic N) is 3. The molecule has 0 saturated carbocycles. The number of nitrogens with one attached hydrogen (secondary N) is 1. The number of carbonyl (C=O) groups is 1. The molecule has 0 radical (unpaired) electrons. The van der Waals surface area contributed by atoms with Gasteiger partial charge in [-0.25, -0.2) is 13.1 Å². The van der Waals surface area contributed by atoms with Crippen molar-refractivity contribution in [2.45, 2.75) is 38.1 Å². The van der Waals surface area contributed by atoms with Crippen LogP contribution in [0.25, 0.3) is 5.69 Å². The number of sulfonamides is 1. The molecular formula is C22H25N5O7S. The van der Waals surface area contributed by atoms with E-state index in [0.29, 0.717) is 17.9 Å². The molecule has 3 aromatic rings. The molecule has 12 nitrogen and oxygen atoms in total. The van der Waals surface area contributed by atoms with E-state index in [1.54, 1.807) is 45.0 Å². The van der Waals surface area contributed by atoms with Crippen molar-refractivity contribution in [1.29, 1.82) is 0 Å². The van der Waals surface area contributed by atoms with E-state index in [2.05, 4.69) is 9.82 Å². The molecule has 0 unspecified atom stereocenters. The maximum absolute atomic E-state index is 13.1. The quantitative estimate of drug-likeness (QED) is 0.314. The number of hydrogen-bond donors (Lipinski definition) is 2. The number of methoxy groups -OCH3 is 1. The lowest BCUT2D eigenvalue weighted by atomic mass is 10.2. The molecule has 1 atom stereocenters. The fourth-order valence-electron chi connectivity index (χ4n) is 3.15. The summed E-state index contributed by atoms with van der Waals surface area (Å²) in [6, 6.07) is 9.42. The van der Waals surface area contributed by atoms with Gasteiger partial charge < -0.3 is 15.2 Å². The predicted octanol–water partition coefficient (Wildman–Crippen LogP) is 3.07. The van der Waals surface area contributed by atoms with E-state index in [-0.39, 0.29) is 22.9 Å². The zero-order chi connectivity index (χ0) is 25.9. The van der Waals surface area contributed by atoms with Gasteiger partial charge in [-0.1, -0.05) is 6.92 Å². The highest BCUT2D eigenvalue weighted by molar-refractivity contribution is 7.89. The molecule has 13 heteroatoms. The number of amides is 1. The molecule has 0 fully saturated rings. The minimum absolute atomic E-state index is 0.0119. The van der Waals surface area contributed by atoms with Crippen molar-refractivity contribution in [1.82, 2.24) is 14.5 Å². The van der Waals surface area contributed by atoms with Crippen molar-refractivity contribution in [3.05, 3.63) is 63.8 Å². The summed E-state index contributed by atoms with van der Waals surface area (Å²) in [5, 5.41) is 15.6. The van der Waals surface area contributed by atoms with Gasteiger partial charge in [0, 0.05) is 23.7 Å². The van der Waals surface area contributed by atoms with Crippen molar-refractivity contribution < 1.29 is 27.6 Å². The van der Waals surface area contributed by atoms with E-state index in [0.717, 1.165) is 12.1 Å². The van der Waals surface area contributed by atoms with Crippen molar-refractivity contribution in [3.8, 4) is 23.1 Å². The molecule has 0 spiro atoms. The van der Waals surface area contributed by atoms with Crippen LogP contribution < -0.4 is 19.9 Å². The van der Waals surface area contributed by atoms with Crippen LogP contribution in [0.4, 0.5) is 5.69 Å². The molecule has 3 rings (SSSR count). The molecule has 0 aliphatic carbocycles. The standard InChI is InChI=1S/C22H25N5O7S/c1-5-13(2)25-35(31,32)19-12-16(27(29)30)8-11-18(19)34-22-14(3)20(21(23)28)24-26(22)15-6-9-17(33-4)10-7-15/h6-13,25H,5H2,1-4H3,(H2,23,28)/t13-/m1/s1. The number of nitrogens with two attached hydrogens (primary N) is 1. The van der Waals surface area contributed by atoms with E-state index >= 15 is 0 Å². The van der Waals surface area contributed by atoms with Gasteiger partial charge in [-0.3, -0.25) is 14.9 Å². The number of aromatic nitrogens is 2. The molecule has 0 saturated heterocycles. The molecule has 186 valence electrons. The molecule has 1 aromatic heterocycles. The number of non-ortho nitro benzene ring substituents is 1. The molecule has 1 amide bonds. The molecular weight excluding hydrogens is 478 g/mol. The van der Waals surface area contributed by atoms with E-state index in [1.165, 1.54) is 17.9 Å². The van der Waals surface area contributed by atoms with Crippen molar-refractivity contribution in [2.75, 3.05) is 7.11 Å². The number of ether oxygens (including phenoxy) is 2. The number of nitro benzene ring substituents is 1. The second-order valence-electron chi connectivity index (χ2n) is 7.67. The first-order valence-corrected chi connectivity index (χ1v) is 12.0. The Morgan fingerprint density at radius 3 is 2.46 bits per heavy atom. The number of primary amides is 1. The number of carbonyl (C=O) groups excluding carboxylic acids is 1. The lowest BCUT2D eigenvalue weighted by molar-refractivity contribution is -0.385. The molecule has 0 bridgehead atoms. The summed E-state index contributed by atoms with van der Waals surface area (Å²) >= 11 is 0. The highest BCUT2D eigenvalue weighted by Gasteiger charge is 2.28. The summed E-state index contributed by atoms with van der Waals surface area (Å²) in [6.07, 6.45) is 0.496. The highest BCUT2D eigenvalue weighted by atomic mass is 32.2. The third kappa shape index (κ3) is 5.41. The molecule has 1 heterocycles. The SMILES string of the molecule is CC[C@@H](C)NS(=O)(=O)c1cc([N+](=O)[O-])ccc1Oc1c(C)c(C(N)=O)nn1-c1ccc(OC)cc1. The van der Waals surface area contributed by atoms with Crippen LogP contribution in [0.2, 0.25) is 0 Å². The summed E-state index contributed by atoms with van der Waals surface area (Å²) < 4.78 is 41.1. The normalized spacial score (nSPS) is 12.2. The predicted molar refractivity (Wildman–Crippen MR) is 127 cm³/mol. The Morgan fingerprint density at radius 2 is 1.91 bits per heavy atom. The first-order chi connectivity index (χ1) is 16.5. The van der Waals surface area contributed by atoms with Crippen LogP contribution in [0.15, 0.2) is 47.4 Å². The number of nitro groups is 1. The maximum atomic E-state index is 13.1.